The van der Waals surface area contributed by atoms with Crippen molar-refractivity contribution in [1.29, 1.82) is 0 Å². The molecule has 0 unspecified atom stereocenters. The molecule has 96 valence electrons. The van der Waals surface area contributed by atoms with Crippen LogP contribution in [0, 0.1) is 0 Å². The molecule has 5 heteroatoms. The van der Waals surface area contributed by atoms with Gasteiger partial charge in [-0.05, 0) is 25.7 Å². The van der Waals surface area contributed by atoms with Gasteiger partial charge in [-0.3, -0.25) is 0 Å². The summed E-state index contributed by atoms with van der Waals surface area (Å²) in [5.41, 5.74) is 3.53. The van der Waals surface area contributed by atoms with E-state index in [0.29, 0.717) is 6.61 Å². The highest BCUT2D eigenvalue weighted by Gasteiger charge is 2.16. The summed E-state index contributed by atoms with van der Waals surface area (Å²) in [6, 6.07) is 1.94. The molecule has 0 atom stereocenters. The second-order valence-corrected chi connectivity index (χ2v) is 4.69. The van der Waals surface area contributed by atoms with E-state index in [4.69, 9.17) is 9.26 Å². The summed E-state index contributed by atoms with van der Waals surface area (Å²) in [4.78, 5) is 4.48. The Morgan fingerprint density at radius 3 is 3.17 bits per heavy atom. The van der Waals surface area contributed by atoms with Crippen molar-refractivity contribution in [1.82, 2.24) is 14.7 Å². The number of methoxy groups -OCH3 is 1. The average molecular weight is 247 g/mol. The molecule has 1 aliphatic carbocycles. The van der Waals surface area contributed by atoms with Gasteiger partial charge in [-0.25, -0.2) is 4.98 Å². The molecule has 0 fully saturated rings. The smallest absolute Gasteiger partial charge is 0.162 e. The van der Waals surface area contributed by atoms with Gasteiger partial charge in [-0.15, -0.1) is 0 Å². The normalized spacial score (nSPS) is 14.7. The fourth-order valence-corrected chi connectivity index (χ4v) is 2.48. The number of aromatic nitrogens is 3. The Bertz CT molecular complexity index is 530. The van der Waals surface area contributed by atoms with E-state index in [9.17, 15) is 0 Å². The van der Waals surface area contributed by atoms with E-state index in [0.717, 1.165) is 30.8 Å². The number of hydrogen-bond acceptors (Lipinski definition) is 4. The summed E-state index contributed by atoms with van der Waals surface area (Å²) < 4.78 is 12.4. The molecular formula is C13H17N3O2. The highest BCUT2D eigenvalue weighted by molar-refractivity contribution is 5.18. The fourth-order valence-electron chi connectivity index (χ4n) is 2.48. The van der Waals surface area contributed by atoms with E-state index >= 15 is 0 Å². The number of rotatable bonds is 4. The Labute approximate surface area is 106 Å². The molecule has 0 radical (unpaired) electrons. The van der Waals surface area contributed by atoms with E-state index in [1.165, 1.54) is 24.2 Å². The lowest BCUT2D eigenvalue weighted by molar-refractivity contribution is 0.155. The molecule has 3 rings (SSSR count). The first kappa shape index (κ1) is 11.5. The zero-order valence-corrected chi connectivity index (χ0v) is 10.6. The zero-order chi connectivity index (χ0) is 12.4. The molecule has 0 spiro atoms. The van der Waals surface area contributed by atoms with Crippen molar-refractivity contribution in [2.75, 3.05) is 7.11 Å². The summed E-state index contributed by atoms with van der Waals surface area (Å²) in [5, 5.41) is 4.05. The van der Waals surface area contributed by atoms with Crippen molar-refractivity contribution in [2.45, 2.75) is 38.8 Å². The molecule has 18 heavy (non-hydrogen) atoms. The summed E-state index contributed by atoms with van der Waals surface area (Å²) in [7, 11) is 1.65. The molecule has 2 heterocycles. The van der Waals surface area contributed by atoms with Crippen molar-refractivity contribution >= 4 is 0 Å². The van der Waals surface area contributed by atoms with Crippen LogP contribution >= 0.6 is 0 Å². The molecule has 0 bridgehead atoms. The third kappa shape index (κ3) is 2.18. The number of hydrogen-bond donors (Lipinski definition) is 0. The fraction of sp³-hybridized carbons (Fsp3) is 0.538. The van der Waals surface area contributed by atoms with E-state index in [1.54, 1.807) is 7.11 Å². The van der Waals surface area contributed by atoms with Crippen LogP contribution in [-0.2, 0) is 30.7 Å². The van der Waals surface area contributed by atoms with Crippen LogP contribution in [0.4, 0.5) is 0 Å². The maximum atomic E-state index is 5.19. The lowest BCUT2D eigenvalue weighted by Gasteiger charge is -2.12. The van der Waals surface area contributed by atoms with Gasteiger partial charge in [0.25, 0.3) is 0 Å². The van der Waals surface area contributed by atoms with Gasteiger partial charge in [0.15, 0.2) is 5.76 Å². The topological polar surface area (TPSA) is 53.1 Å². The molecule has 0 saturated heterocycles. The molecular weight excluding hydrogens is 230 g/mol. The number of nitrogens with zero attached hydrogens (tertiary/aromatic N) is 3. The Hall–Kier alpha value is -1.62. The van der Waals surface area contributed by atoms with Crippen LogP contribution < -0.4 is 0 Å². The quantitative estimate of drug-likeness (QED) is 0.828. The van der Waals surface area contributed by atoms with Crippen molar-refractivity contribution in [3.05, 3.63) is 35.2 Å². The lowest BCUT2D eigenvalue weighted by Crippen LogP contribution is -2.09. The van der Waals surface area contributed by atoms with Gasteiger partial charge in [0, 0.05) is 18.9 Å². The van der Waals surface area contributed by atoms with E-state index in [2.05, 4.69) is 14.7 Å². The Morgan fingerprint density at radius 2 is 2.28 bits per heavy atom. The van der Waals surface area contributed by atoms with E-state index < -0.39 is 0 Å². The van der Waals surface area contributed by atoms with Crippen molar-refractivity contribution in [3.63, 3.8) is 0 Å². The number of aryl methyl sites for hydroxylation is 1. The molecule has 2 aromatic heterocycles. The minimum absolute atomic E-state index is 0.467. The van der Waals surface area contributed by atoms with Crippen molar-refractivity contribution in [2.24, 2.45) is 0 Å². The Kier molecular flexibility index (Phi) is 3.15. The second kappa shape index (κ2) is 4.94. The SMILES string of the molecule is COCc1cc(Cn2cnc3c2CCCC3)no1. The van der Waals surface area contributed by atoms with Gasteiger partial charge >= 0.3 is 0 Å². The summed E-state index contributed by atoms with van der Waals surface area (Å²) >= 11 is 0. The molecule has 2 aromatic rings. The maximum absolute atomic E-state index is 5.19. The molecule has 1 aliphatic rings. The molecule has 0 aromatic carbocycles. The summed E-state index contributed by atoms with van der Waals surface area (Å²) in [6.07, 6.45) is 6.66. The van der Waals surface area contributed by atoms with Crippen LogP contribution in [0.25, 0.3) is 0 Å². The van der Waals surface area contributed by atoms with Crippen LogP contribution in [0.5, 0.6) is 0 Å². The van der Waals surface area contributed by atoms with Crippen LogP contribution in [0.15, 0.2) is 16.9 Å². The minimum atomic E-state index is 0.467. The van der Waals surface area contributed by atoms with Crippen molar-refractivity contribution in [3.8, 4) is 0 Å². The van der Waals surface area contributed by atoms with Gasteiger partial charge in [0.2, 0.25) is 0 Å². The maximum Gasteiger partial charge on any atom is 0.162 e. The van der Waals surface area contributed by atoms with Crippen LogP contribution in [-0.4, -0.2) is 21.8 Å². The minimum Gasteiger partial charge on any atom is -0.377 e. The van der Waals surface area contributed by atoms with E-state index in [-0.39, 0.29) is 0 Å². The Morgan fingerprint density at radius 1 is 1.39 bits per heavy atom. The predicted molar refractivity (Wildman–Crippen MR) is 65.2 cm³/mol. The third-order valence-corrected chi connectivity index (χ3v) is 3.34. The van der Waals surface area contributed by atoms with Crippen LogP contribution in [0.2, 0.25) is 0 Å². The molecule has 5 nitrogen and oxygen atoms in total. The first-order chi connectivity index (χ1) is 8.86. The monoisotopic (exact) mass is 247 g/mol. The highest BCUT2D eigenvalue weighted by atomic mass is 16.5. The highest BCUT2D eigenvalue weighted by Crippen LogP contribution is 2.20. The Balaban J connectivity index is 1.77. The van der Waals surface area contributed by atoms with Gasteiger partial charge in [0.1, 0.15) is 12.3 Å². The lowest BCUT2D eigenvalue weighted by atomic mass is 10.0. The zero-order valence-electron chi connectivity index (χ0n) is 10.6. The van der Waals surface area contributed by atoms with E-state index in [1.807, 2.05) is 12.4 Å². The van der Waals surface area contributed by atoms with Gasteiger partial charge in [0.05, 0.1) is 18.6 Å². The molecule has 0 N–H and O–H groups in total. The average Bonchev–Trinajstić information content (AvgIpc) is 2.99. The standard InChI is InChI=1S/C13H17N3O2/c1-17-8-11-6-10(15-18-11)7-16-9-14-12-4-2-3-5-13(12)16/h6,9H,2-5,7-8H2,1H3. The summed E-state index contributed by atoms with van der Waals surface area (Å²) in [5.74, 6) is 0.765. The van der Waals surface area contributed by atoms with Gasteiger partial charge in [-0.1, -0.05) is 5.16 Å². The van der Waals surface area contributed by atoms with Crippen LogP contribution in [0.1, 0.15) is 35.7 Å². The first-order valence-corrected chi connectivity index (χ1v) is 6.33. The molecule has 0 amide bonds. The largest absolute Gasteiger partial charge is 0.377 e. The predicted octanol–water partition coefficient (Wildman–Crippen LogP) is 1.94. The molecule has 0 saturated carbocycles. The number of fused-ring (bicyclic) bond motifs is 1. The number of imidazole rings is 1. The summed E-state index contributed by atoms with van der Waals surface area (Å²) in [6.45, 7) is 1.20. The van der Waals surface area contributed by atoms with Gasteiger partial charge in [-0.2, -0.15) is 0 Å². The second-order valence-electron chi connectivity index (χ2n) is 4.69. The first-order valence-electron chi connectivity index (χ1n) is 6.33. The number of ether oxygens (including phenoxy) is 1. The third-order valence-electron chi connectivity index (χ3n) is 3.34. The van der Waals surface area contributed by atoms with Crippen LogP contribution in [0.3, 0.4) is 0 Å². The van der Waals surface area contributed by atoms with Crippen molar-refractivity contribution < 1.29 is 9.26 Å². The molecule has 0 aliphatic heterocycles. The van der Waals surface area contributed by atoms with Gasteiger partial charge < -0.3 is 13.8 Å².